The molecule has 0 bridgehead atoms. The van der Waals surface area contributed by atoms with Gasteiger partial charge in [-0.3, -0.25) is 4.98 Å². The van der Waals surface area contributed by atoms with E-state index in [1.165, 1.54) is 0 Å². The van der Waals surface area contributed by atoms with E-state index < -0.39 is 0 Å². The highest BCUT2D eigenvalue weighted by Gasteiger charge is 2.09. The zero-order chi connectivity index (χ0) is 13.9. The molecule has 1 aromatic carbocycles. The number of benzene rings is 1. The molecule has 100 valence electrons. The summed E-state index contributed by atoms with van der Waals surface area (Å²) in [6.07, 6.45) is 3.37. The Morgan fingerprint density at radius 1 is 1.10 bits per heavy atom. The summed E-state index contributed by atoms with van der Waals surface area (Å²) in [7, 11) is 0. The van der Waals surface area contributed by atoms with Crippen LogP contribution in [0, 0.1) is 0 Å². The third kappa shape index (κ3) is 2.43. The van der Waals surface area contributed by atoms with Crippen LogP contribution in [0.1, 0.15) is 5.56 Å². The van der Waals surface area contributed by atoms with Crippen molar-refractivity contribution in [2.75, 3.05) is 0 Å². The number of fused-ring (bicyclic) bond motifs is 1. The van der Waals surface area contributed by atoms with E-state index in [2.05, 4.69) is 9.97 Å². The Morgan fingerprint density at radius 2 is 2.00 bits per heavy atom. The molecule has 5 heteroatoms. The lowest BCUT2D eigenvalue weighted by Gasteiger charge is -2.09. The average Bonchev–Trinajstić information content (AvgIpc) is 2.49. The predicted molar refractivity (Wildman–Crippen MR) is 79.0 cm³/mol. The van der Waals surface area contributed by atoms with Crippen LogP contribution in [0.5, 0.6) is 11.6 Å². The molecule has 0 radical (unpaired) electrons. The van der Waals surface area contributed by atoms with E-state index >= 15 is 0 Å². The van der Waals surface area contributed by atoms with E-state index in [9.17, 15) is 0 Å². The summed E-state index contributed by atoms with van der Waals surface area (Å²) in [6, 6.07) is 11.3. The van der Waals surface area contributed by atoms with Crippen molar-refractivity contribution in [3.05, 3.63) is 59.4 Å². The van der Waals surface area contributed by atoms with Crippen molar-refractivity contribution in [2.24, 2.45) is 5.73 Å². The first-order valence-electron chi connectivity index (χ1n) is 6.14. The van der Waals surface area contributed by atoms with Gasteiger partial charge in [-0.2, -0.15) is 0 Å². The van der Waals surface area contributed by atoms with Crippen LogP contribution in [0.3, 0.4) is 0 Å². The Kier molecular flexibility index (Phi) is 3.50. The number of aromatic nitrogens is 2. The molecule has 0 aliphatic carbocycles. The Labute approximate surface area is 121 Å². The minimum atomic E-state index is 0.344. The first-order valence-corrected chi connectivity index (χ1v) is 6.52. The van der Waals surface area contributed by atoms with Crippen LogP contribution in [0.25, 0.3) is 10.9 Å². The molecule has 0 amide bonds. The van der Waals surface area contributed by atoms with Crippen molar-refractivity contribution in [1.29, 1.82) is 0 Å². The van der Waals surface area contributed by atoms with Gasteiger partial charge in [-0.1, -0.05) is 17.7 Å². The van der Waals surface area contributed by atoms with Crippen LogP contribution in [0.4, 0.5) is 0 Å². The smallest absolute Gasteiger partial charge is 0.238 e. The highest BCUT2D eigenvalue weighted by molar-refractivity contribution is 6.32. The van der Waals surface area contributed by atoms with E-state index in [0.29, 0.717) is 23.2 Å². The summed E-state index contributed by atoms with van der Waals surface area (Å²) < 4.78 is 5.72. The normalized spacial score (nSPS) is 10.7. The van der Waals surface area contributed by atoms with E-state index in [1.807, 2.05) is 30.3 Å². The Morgan fingerprint density at radius 3 is 2.85 bits per heavy atom. The zero-order valence-corrected chi connectivity index (χ0v) is 11.3. The van der Waals surface area contributed by atoms with E-state index in [1.54, 1.807) is 18.5 Å². The van der Waals surface area contributed by atoms with E-state index in [0.717, 1.165) is 16.5 Å². The lowest BCUT2D eigenvalue weighted by molar-refractivity contribution is 0.463. The van der Waals surface area contributed by atoms with Gasteiger partial charge in [0.15, 0.2) is 0 Å². The summed E-state index contributed by atoms with van der Waals surface area (Å²) >= 11 is 6.19. The molecule has 3 aromatic rings. The number of nitrogens with zero attached hydrogens (tertiary/aromatic N) is 2. The molecule has 2 heterocycles. The molecule has 0 atom stereocenters. The second-order valence-corrected chi connectivity index (χ2v) is 4.63. The number of pyridine rings is 2. The van der Waals surface area contributed by atoms with Crippen molar-refractivity contribution < 1.29 is 4.74 Å². The van der Waals surface area contributed by atoms with Crippen LogP contribution in [-0.4, -0.2) is 9.97 Å². The molecule has 2 aromatic heterocycles. The van der Waals surface area contributed by atoms with Gasteiger partial charge in [0.2, 0.25) is 5.88 Å². The molecule has 0 spiro atoms. The van der Waals surface area contributed by atoms with Crippen LogP contribution < -0.4 is 10.5 Å². The van der Waals surface area contributed by atoms with Crippen LogP contribution >= 0.6 is 11.6 Å². The maximum atomic E-state index is 6.19. The fraction of sp³-hybridized carbons (Fsp3) is 0.0667. The molecule has 4 nitrogen and oxygen atoms in total. The van der Waals surface area contributed by atoms with Gasteiger partial charge in [0.25, 0.3) is 0 Å². The van der Waals surface area contributed by atoms with Gasteiger partial charge in [-0.25, -0.2) is 4.98 Å². The second-order valence-electron chi connectivity index (χ2n) is 4.25. The summed E-state index contributed by atoms with van der Waals surface area (Å²) in [5, 5.41) is 1.49. The summed E-state index contributed by atoms with van der Waals surface area (Å²) in [5.41, 5.74) is 7.27. The molecule has 3 rings (SSSR count). The van der Waals surface area contributed by atoms with Crippen LogP contribution in [0.15, 0.2) is 48.8 Å². The number of nitrogens with two attached hydrogens (primary N) is 1. The SMILES string of the molecule is NCc1ccnc(Oc2ccc3cccnc3c2)c1Cl. The Hall–Kier alpha value is -2.17. The molecule has 0 aliphatic heterocycles. The number of ether oxygens (including phenoxy) is 1. The molecular weight excluding hydrogens is 274 g/mol. The largest absolute Gasteiger partial charge is 0.437 e. The van der Waals surface area contributed by atoms with Gasteiger partial charge in [0.1, 0.15) is 10.8 Å². The van der Waals surface area contributed by atoms with Gasteiger partial charge in [0, 0.05) is 30.4 Å². The number of halogens is 1. The Balaban J connectivity index is 1.97. The van der Waals surface area contributed by atoms with Crippen LogP contribution in [0.2, 0.25) is 5.02 Å². The number of hydrogen-bond donors (Lipinski definition) is 1. The average molecular weight is 286 g/mol. The molecule has 0 aliphatic rings. The lowest BCUT2D eigenvalue weighted by Crippen LogP contribution is -1.99. The Bertz CT molecular complexity index is 761. The van der Waals surface area contributed by atoms with Gasteiger partial charge in [-0.15, -0.1) is 0 Å². The summed E-state index contributed by atoms with van der Waals surface area (Å²) in [4.78, 5) is 8.42. The highest BCUT2D eigenvalue weighted by atomic mass is 35.5. The van der Waals surface area contributed by atoms with Gasteiger partial charge in [0.05, 0.1) is 5.52 Å². The number of rotatable bonds is 3. The first kappa shape index (κ1) is 12.8. The van der Waals surface area contributed by atoms with E-state index in [4.69, 9.17) is 22.1 Å². The maximum absolute atomic E-state index is 6.19. The fourth-order valence-electron chi connectivity index (χ4n) is 1.91. The molecular formula is C15H12ClN3O. The number of hydrogen-bond acceptors (Lipinski definition) is 4. The molecule has 0 fully saturated rings. The predicted octanol–water partition coefficient (Wildman–Crippen LogP) is 3.53. The minimum absolute atomic E-state index is 0.344. The quantitative estimate of drug-likeness (QED) is 0.799. The third-order valence-corrected chi connectivity index (χ3v) is 3.35. The molecule has 0 unspecified atom stereocenters. The first-order chi connectivity index (χ1) is 9.78. The van der Waals surface area contributed by atoms with Crippen molar-refractivity contribution in [3.8, 4) is 11.6 Å². The van der Waals surface area contributed by atoms with Crippen molar-refractivity contribution in [1.82, 2.24) is 9.97 Å². The summed E-state index contributed by atoms with van der Waals surface area (Å²) in [5.74, 6) is 0.990. The molecule has 0 saturated carbocycles. The molecule has 20 heavy (non-hydrogen) atoms. The van der Waals surface area contributed by atoms with Crippen molar-refractivity contribution in [3.63, 3.8) is 0 Å². The summed E-state index contributed by atoms with van der Waals surface area (Å²) in [6.45, 7) is 0.344. The van der Waals surface area contributed by atoms with Gasteiger partial charge < -0.3 is 10.5 Å². The highest BCUT2D eigenvalue weighted by Crippen LogP contribution is 2.30. The molecule has 0 saturated heterocycles. The zero-order valence-electron chi connectivity index (χ0n) is 10.6. The van der Waals surface area contributed by atoms with Crippen molar-refractivity contribution in [2.45, 2.75) is 6.54 Å². The minimum Gasteiger partial charge on any atom is -0.437 e. The lowest BCUT2D eigenvalue weighted by atomic mass is 10.2. The standard InChI is InChI=1S/C15H12ClN3O/c16-14-11(9-17)5-7-19-15(14)20-12-4-3-10-2-1-6-18-13(10)8-12/h1-8H,9,17H2. The molecule has 2 N–H and O–H groups in total. The monoisotopic (exact) mass is 285 g/mol. The van der Waals surface area contributed by atoms with Gasteiger partial charge >= 0.3 is 0 Å². The van der Waals surface area contributed by atoms with Crippen molar-refractivity contribution >= 4 is 22.5 Å². The van der Waals surface area contributed by atoms with Gasteiger partial charge in [-0.05, 0) is 29.8 Å². The maximum Gasteiger partial charge on any atom is 0.238 e. The van der Waals surface area contributed by atoms with Crippen LogP contribution in [-0.2, 0) is 6.54 Å². The fourth-order valence-corrected chi connectivity index (χ4v) is 2.14. The topological polar surface area (TPSA) is 61.0 Å². The third-order valence-electron chi connectivity index (χ3n) is 2.95. The van der Waals surface area contributed by atoms with E-state index in [-0.39, 0.29) is 0 Å². The second kappa shape index (κ2) is 5.45.